The van der Waals surface area contributed by atoms with E-state index in [9.17, 15) is 5.11 Å². The maximum absolute atomic E-state index is 15.9. The zero-order valence-corrected chi connectivity index (χ0v) is 39.9. The van der Waals surface area contributed by atoms with E-state index < -0.39 is 51.7 Å². The normalized spacial score (nSPS) is 22.6. The van der Waals surface area contributed by atoms with Crippen LogP contribution in [0.4, 0.5) is 0 Å². The highest BCUT2D eigenvalue weighted by Gasteiger charge is 2.69. The average Bonchev–Trinajstić information content (AvgIpc) is 3.54. The number of ketones is 2. The quantitative estimate of drug-likeness (QED) is 0.0985. The van der Waals surface area contributed by atoms with Gasteiger partial charge in [-0.25, -0.2) is 0 Å². The number of methoxy groups -OCH3 is 1. The van der Waals surface area contributed by atoms with Crippen LogP contribution in [0.3, 0.4) is 0 Å². The van der Waals surface area contributed by atoms with Gasteiger partial charge in [-0.1, -0.05) is 80.4 Å². The molecule has 1 aromatic heterocycles. The molecule has 0 spiro atoms. The minimum absolute atomic E-state index is 0.0572. The van der Waals surface area contributed by atoms with E-state index in [0.29, 0.717) is 61.0 Å². The number of aliphatic hydroxyl groups is 1. The first-order chi connectivity index (χ1) is 27.0. The number of hydrogen-bond acceptors (Lipinski definition) is 11. The number of carbonyl (C=O) groups is 2. The number of aliphatic hydroxyl groups excluding tert-OH is 1. The molecular formula is C45H70N2O9Si2. The molecule has 2 aromatic rings. The molecule has 0 bridgehead atoms. The third-order valence-electron chi connectivity index (χ3n) is 13.4. The maximum Gasteiger partial charge on any atom is 0.265 e. The van der Waals surface area contributed by atoms with Crippen LogP contribution in [0.1, 0.15) is 126 Å². The molecule has 3 aliphatic rings. The number of aromatic nitrogens is 1. The van der Waals surface area contributed by atoms with E-state index in [1.54, 1.807) is 7.11 Å². The van der Waals surface area contributed by atoms with Crippen LogP contribution in [0.5, 0.6) is 17.4 Å². The number of Topliss-reactive ketones (excluding diaryl/α,β-unsaturated/α-hetero) is 2. The summed E-state index contributed by atoms with van der Waals surface area (Å²) in [6, 6.07) is 1.41. The van der Waals surface area contributed by atoms with Gasteiger partial charge in [-0.2, -0.15) is 0 Å². The number of rotatable bonds is 16. The predicted molar refractivity (Wildman–Crippen MR) is 234 cm³/mol. The summed E-state index contributed by atoms with van der Waals surface area (Å²) >= 11 is 0. The molecule has 0 amide bonds. The number of unbranched alkanes of at least 4 members (excludes halogenated alkanes) is 2. The smallest absolute Gasteiger partial charge is 0.265 e. The van der Waals surface area contributed by atoms with Crippen LogP contribution in [0.2, 0.25) is 36.3 Å². The Morgan fingerprint density at radius 3 is 2.14 bits per heavy atom. The number of fused-ring (bicyclic) bond motifs is 4. The third kappa shape index (κ3) is 8.14. The molecule has 4 atom stereocenters. The second-order valence-corrected chi connectivity index (χ2v) is 29.2. The summed E-state index contributed by atoms with van der Waals surface area (Å²) < 4.78 is 38.4. The molecule has 0 unspecified atom stereocenters. The molecular weight excluding hydrogens is 769 g/mol. The lowest BCUT2D eigenvalue weighted by Gasteiger charge is -2.55. The summed E-state index contributed by atoms with van der Waals surface area (Å²) in [5.41, 5.74) is 0.243. The van der Waals surface area contributed by atoms with Crippen LogP contribution in [-0.4, -0.2) is 90.0 Å². The summed E-state index contributed by atoms with van der Waals surface area (Å²) in [6.07, 6.45) is 8.03. The Morgan fingerprint density at radius 1 is 0.948 bits per heavy atom. The summed E-state index contributed by atoms with van der Waals surface area (Å²) in [4.78, 5) is 33.3. The number of benzene rings is 1. The first-order valence-corrected chi connectivity index (χ1v) is 27.0. The third-order valence-corrected chi connectivity index (χ3v) is 22.3. The van der Waals surface area contributed by atoms with Gasteiger partial charge in [0.05, 0.1) is 38.5 Å². The highest BCUT2D eigenvalue weighted by molar-refractivity contribution is 6.75. The van der Waals surface area contributed by atoms with Crippen LogP contribution in [0, 0.1) is 11.8 Å². The Bertz CT molecular complexity index is 1920. The topological polar surface area (TPSA) is 130 Å². The molecule has 13 heteroatoms. The van der Waals surface area contributed by atoms with Gasteiger partial charge in [0.25, 0.3) is 5.88 Å². The lowest BCUT2D eigenvalue weighted by molar-refractivity contribution is -0.140. The number of nitrogens with zero attached hydrogens (tertiary/aromatic N) is 2. The van der Waals surface area contributed by atoms with Gasteiger partial charge in [0, 0.05) is 22.6 Å². The molecule has 58 heavy (non-hydrogen) atoms. The molecule has 11 nitrogen and oxygen atoms in total. The molecule has 5 rings (SSSR count). The average molecular weight is 839 g/mol. The molecule has 1 aromatic carbocycles. The van der Waals surface area contributed by atoms with E-state index in [1.165, 1.54) is 0 Å². The van der Waals surface area contributed by atoms with Gasteiger partial charge in [-0.15, -0.1) is 0 Å². The van der Waals surface area contributed by atoms with Crippen LogP contribution in [0.25, 0.3) is 11.8 Å². The van der Waals surface area contributed by atoms with E-state index in [-0.39, 0.29) is 32.9 Å². The van der Waals surface area contributed by atoms with Crippen LogP contribution < -0.4 is 14.2 Å². The summed E-state index contributed by atoms with van der Waals surface area (Å²) in [5.74, 6) is -0.833. The lowest BCUT2D eigenvalue weighted by atomic mass is 9.57. The zero-order chi connectivity index (χ0) is 43.2. The Labute approximate surface area is 349 Å². The SMILES string of the molecule is CCCCOc1noc2c1C(=O)[C@@]1(O[Si](C)(C)C(C)(C)C)C(=O)C3=C(O)c4c(c(OC)cc(C=CCO[Si](C)(C)C(C)(C)C)c4OCCCC)C[C@H]3C[C@H]1[C@@H]2N(C)C. The molecule has 1 fully saturated rings. The van der Waals surface area contributed by atoms with Gasteiger partial charge >= 0.3 is 0 Å². The molecule has 3 aliphatic carbocycles. The second kappa shape index (κ2) is 17.0. The van der Waals surface area contributed by atoms with Crippen LogP contribution in [0.15, 0.2) is 22.2 Å². The summed E-state index contributed by atoms with van der Waals surface area (Å²) in [5, 5.41) is 16.7. The minimum atomic E-state index is -2.88. The maximum atomic E-state index is 15.9. The first-order valence-electron chi connectivity index (χ1n) is 21.2. The fraction of sp³-hybridized carbons (Fsp3) is 0.667. The van der Waals surface area contributed by atoms with Gasteiger partial charge in [0.1, 0.15) is 22.8 Å². The highest BCUT2D eigenvalue weighted by Crippen LogP contribution is 2.60. The molecule has 1 N–H and O–H groups in total. The first kappa shape index (κ1) is 45.8. The Balaban J connectivity index is 1.75. The van der Waals surface area contributed by atoms with E-state index in [2.05, 4.69) is 86.7 Å². The standard InChI is InChI=1S/C45H70N2O9Si2/c1-16-18-22-52-38-28(21-20-24-54-57(12,13)43(3,4)5)27-32(51-11)30-25-29-26-31-36(47(9)10)39-35(42(46-55-39)53-23-19-17-2)41(50)45(31,56-58(14,15)44(6,7)8)40(49)33(29)37(48)34(30)38/h20-21,27,29,31,36,48H,16-19,22-26H2,1-15H3/t29-,31-,36-,45-/m0/s1. The van der Waals surface area contributed by atoms with E-state index >= 15 is 9.59 Å². The van der Waals surface area contributed by atoms with E-state index in [0.717, 1.165) is 31.2 Å². The predicted octanol–water partition coefficient (Wildman–Crippen LogP) is 10.4. The number of carbonyl (C=O) groups excluding carboxylic acids is 2. The van der Waals surface area contributed by atoms with Crippen molar-refractivity contribution in [1.29, 1.82) is 0 Å². The number of hydrogen-bond donors (Lipinski definition) is 1. The van der Waals surface area contributed by atoms with Crippen molar-refractivity contribution in [2.45, 2.75) is 142 Å². The number of ether oxygens (including phenoxy) is 3. The van der Waals surface area contributed by atoms with Crippen molar-refractivity contribution in [1.82, 2.24) is 10.1 Å². The monoisotopic (exact) mass is 838 g/mol. The van der Waals surface area contributed by atoms with Crippen molar-refractivity contribution in [2.75, 3.05) is 41.0 Å². The van der Waals surface area contributed by atoms with Gasteiger partial charge in [0.15, 0.2) is 28.0 Å². The van der Waals surface area contributed by atoms with Crippen molar-refractivity contribution >= 4 is 40.0 Å². The van der Waals surface area contributed by atoms with E-state index in [4.69, 9.17) is 27.6 Å². The second-order valence-electron chi connectivity index (χ2n) is 19.6. The lowest BCUT2D eigenvalue weighted by Crippen LogP contribution is -2.68. The fourth-order valence-electron chi connectivity index (χ4n) is 8.01. The summed E-state index contributed by atoms with van der Waals surface area (Å²) in [6.45, 7) is 26.8. The van der Waals surface area contributed by atoms with Gasteiger partial charge in [-0.3, -0.25) is 14.5 Å². The van der Waals surface area contributed by atoms with Crippen molar-refractivity contribution < 1.29 is 42.3 Å². The Hall–Kier alpha value is -3.24. The molecule has 0 saturated heterocycles. The molecule has 1 saturated carbocycles. The summed E-state index contributed by atoms with van der Waals surface area (Å²) in [7, 11) is 0.567. The highest BCUT2D eigenvalue weighted by atomic mass is 28.4. The van der Waals surface area contributed by atoms with Gasteiger partial charge < -0.3 is 32.7 Å². The molecule has 0 radical (unpaired) electrons. The van der Waals surface area contributed by atoms with Crippen molar-refractivity contribution in [3.05, 3.63) is 45.7 Å². The van der Waals surface area contributed by atoms with Crippen molar-refractivity contribution in [3.63, 3.8) is 0 Å². The van der Waals surface area contributed by atoms with Gasteiger partial charge in [-0.05, 0) is 93.2 Å². The van der Waals surface area contributed by atoms with Crippen LogP contribution in [-0.2, 0) is 20.1 Å². The molecule has 1 heterocycles. The fourth-order valence-corrected chi connectivity index (χ4v) is 10.4. The van der Waals surface area contributed by atoms with E-state index in [1.807, 2.05) is 37.2 Å². The van der Waals surface area contributed by atoms with Crippen LogP contribution >= 0.6 is 0 Å². The Kier molecular flexibility index (Phi) is 13.5. The largest absolute Gasteiger partial charge is 0.507 e. The Morgan fingerprint density at radius 2 is 1.57 bits per heavy atom. The van der Waals surface area contributed by atoms with Crippen molar-refractivity contribution in [3.8, 4) is 17.4 Å². The minimum Gasteiger partial charge on any atom is -0.507 e. The van der Waals surface area contributed by atoms with Gasteiger partial charge in [0.2, 0.25) is 11.6 Å². The zero-order valence-electron chi connectivity index (χ0n) is 37.9. The molecule has 322 valence electrons. The van der Waals surface area contributed by atoms with Crippen molar-refractivity contribution in [2.24, 2.45) is 11.8 Å². The molecule has 0 aliphatic heterocycles.